The Kier molecular flexibility index (Phi) is 4.89. The second-order valence-electron chi connectivity index (χ2n) is 4.56. The van der Waals surface area contributed by atoms with Gasteiger partial charge in [-0.3, -0.25) is 9.59 Å². The van der Waals surface area contributed by atoms with Crippen molar-refractivity contribution in [1.29, 1.82) is 0 Å². The summed E-state index contributed by atoms with van der Waals surface area (Å²) in [5.74, 6) is -0.474. The summed E-state index contributed by atoms with van der Waals surface area (Å²) in [6.07, 6.45) is 1.23. The maximum atomic E-state index is 12.2. The number of likely N-dealkylation sites (tertiary alicyclic amines) is 1. The number of rotatable bonds is 3. The van der Waals surface area contributed by atoms with E-state index < -0.39 is 0 Å². The number of piperidine rings is 1. The lowest BCUT2D eigenvalue weighted by atomic mass is 9.97. The van der Waals surface area contributed by atoms with E-state index in [0.717, 1.165) is 0 Å². The SMILES string of the molecule is CCOC(=O)C1CCN(C(=O)c2ccc(Cl)nn2)CC1. The van der Waals surface area contributed by atoms with Crippen LogP contribution in [-0.2, 0) is 9.53 Å². The van der Waals surface area contributed by atoms with Crippen LogP contribution in [0.15, 0.2) is 12.1 Å². The molecule has 1 aromatic rings. The number of nitrogens with zero attached hydrogens (tertiary/aromatic N) is 3. The van der Waals surface area contributed by atoms with Gasteiger partial charge in [0.05, 0.1) is 12.5 Å². The van der Waals surface area contributed by atoms with Gasteiger partial charge in [0.1, 0.15) is 0 Å². The molecule has 0 bridgehead atoms. The fourth-order valence-electron chi connectivity index (χ4n) is 2.17. The average Bonchev–Trinajstić information content (AvgIpc) is 2.48. The van der Waals surface area contributed by atoms with Crippen LogP contribution in [0.5, 0.6) is 0 Å². The van der Waals surface area contributed by atoms with E-state index in [9.17, 15) is 9.59 Å². The number of carbonyl (C=O) groups excluding carboxylic acids is 2. The minimum atomic E-state index is -0.184. The molecule has 1 aromatic heterocycles. The third kappa shape index (κ3) is 3.45. The Hall–Kier alpha value is -1.69. The summed E-state index contributed by atoms with van der Waals surface area (Å²) < 4.78 is 5.00. The van der Waals surface area contributed by atoms with E-state index in [1.807, 2.05) is 0 Å². The van der Waals surface area contributed by atoms with Crippen molar-refractivity contribution < 1.29 is 14.3 Å². The van der Waals surface area contributed by atoms with E-state index in [1.165, 1.54) is 6.07 Å². The van der Waals surface area contributed by atoms with Gasteiger partial charge in [0.25, 0.3) is 5.91 Å². The number of halogens is 1. The Morgan fingerprint density at radius 3 is 2.60 bits per heavy atom. The third-order valence-corrected chi connectivity index (χ3v) is 3.45. The highest BCUT2D eigenvalue weighted by Gasteiger charge is 2.29. The largest absolute Gasteiger partial charge is 0.466 e. The van der Waals surface area contributed by atoms with Crippen molar-refractivity contribution in [3.63, 3.8) is 0 Å². The van der Waals surface area contributed by atoms with Crippen molar-refractivity contribution in [1.82, 2.24) is 15.1 Å². The molecule has 1 fully saturated rings. The molecule has 0 aliphatic carbocycles. The standard InChI is InChI=1S/C13H16ClN3O3/c1-2-20-13(19)9-5-7-17(8-6-9)12(18)10-3-4-11(14)16-15-10/h3-4,9H,2,5-8H2,1H3. The highest BCUT2D eigenvalue weighted by atomic mass is 35.5. The van der Waals surface area contributed by atoms with Gasteiger partial charge in [0.15, 0.2) is 10.8 Å². The summed E-state index contributed by atoms with van der Waals surface area (Å²) in [5, 5.41) is 7.68. The van der Waals surface area contributed by atoms with Crippen molar-refractivity contribution in [2.45, 2.75) is 19.8 Å². The van der Waals surface area contributed by atoms with Crippen LogP contribution in [0.2, 0.25) is 5.15 Å². The molecule has 0 unspecified atom stereocenters. The predicted molar refractivity (Wildman–Crippen MR) is 72.3 cm³/mol. The molecule has 2 rings (SSSR count). The maximum Gasteiger partial charge on any atom is 0.309 e. The average molecular weight is 298 g/mol. The Labute approximate surface area is 122 Å². The van der Waals surface area contributed by atoms with Crippen LogP contribution in [0.3, 0.4) is 0 Å². The number of ether oxygens (including phenoxy) is 1. The Bertz CT molecular complexity index is 484. The molecule has 0 radical (unpaired) electrons. The summed E-state index contributed by atoms with van der Waals surface area (Å²) in [5.41, 5.74) is 0.268. The van der Waals surface area contributed by atoms with Crippen molar-refractivity contribution in [2.75, 3.05) is 19.7 Å². The van der Waals surface area contributed by atoms with E-state index in [2.05, 4.69) is 10.2 Å². The van der Waals surface area contributed by atoms with Crippen LogP contribution in [0.4, 0.5) is 0 Å². The number of amides is 1. The first-order valence-electron chi connectivity index (χ1n) is 6.57. The van der Waals surface area contributed by atoms with Gasteiger partial charge in [-0.2, -0.15) is 0 Å². The van der Waals surface area contributed by atoms with Crippen molar-refractivity contribution >= 4 is 23.5 Å². The molecule has 2 heterocycles. The number of esters is 1. The van der Waals surface area contributed by atoms with Crippen LogP contribution >= 0.6 is 11.6 Å². The first-order valence-corrected chi connectivity index (χ1v) is 6.94. The number of carbonyl (C=O) groups is 2. The fraction of sp³-hybridized carbons (Fsp3) is 0.538. The Morgan fingerprint density at radius 1 is 1.35 bits per heavy atom. The maximum absolute atomic E-state index is 12.2. The molecule has 1 aliphatic rings. The summed E-state index contributed by atoms with van der Waals surface area (Å²) in [4.78, 5) is 25.5. The van der Waals surface area contributed by atoms with Crippen LogP contribution in [-0.4, -0.2) is 46.7 Å². The lowest BCUT2D eigenvalue weighted by Gasteiger charge is -2.30. The lowest BCUT2D eigenvalue weighted by Crippen LogP contribution is -2.41. The van der Waals surface area contributed by atoms with Crippen LogP contribution in [0, 0.1) is 5.92 Å². The van der Waals surface area contributed by atoms with Gasteiger partial charge in [-0.25, -0.2) is 0 Å². The molecule has 20 heavy (non-hydrogen) atoms. The molecule has 1 aliphatic heterocycles. The fourth-order valence-corrected chi connectivity index (χ4v) is 2.27. The third-order valence-electron chi connectivity index (χ3n) is 3.25. The van der Waals surface area contributed by atoms with Crippen LogP contribution in [0.25, 0.3) is 0 Å². The molecule has 0 spiro atoms. The highest BCUT2D eigenvalue weighted by molar-refractivity contribution is 6.29. The van der Waals surface area contributed by atoms with Gasteiger partial charge in [-0.05, 0) is 31.9 Å². The topological polar surface area (TPSA) is 72.4 Å². The second-order valence-corrected chi connectivity index (χ2v) is 4.95. The monoisotopic (exact) mass is 297 g/mol. The van der Waals surface area contributed by atoms with Gasteiger partial charge in [0, 0.05) is 13.1 Å². The zero-order chi connectivity index (χ0) is 14.5. The molecule has 108 valence electrons. The van der Waals surface area contributed by atoms with Gasteiger partial charge in [-0.15, -0.1) is 10.2 Å². The highest BCUT2D eigenvalue weighted by Crippen LogP contribution is 2.20. The van der Waals surface area contributed by atoms with E-state index in [1.54, 1.807) is 17.9 Å². The van der Waals surface area contributed by atoms with Crippen molar-refractivity contribution in [3.05, 3.63) is 23.0 Å². The summed E-state index contributed by atoms with van der Waals surface area (Å²) >= 11 is 5.64. The molecule has 1 saturated heterocycles. The van der Waals surface area contributed by atoms with Crippen molar-refractivity contribution in [2.24, 2.45) is 5.92 Å². The van der Waals surface area contributed by atoms with E-state index >= 15 is 0 Å². The molecular formula is C13H16ClN3O3. The van der Waals surface area contributed by atoms with Gasteiger partial charge in [0.2, 0.25) is 0 Å². The summed E-state index contributed by atoms with van der Waals surface area (Å²) in [6.45, 7) is 3.22. The molecule has 7 heteroatoms. The smallest absolute Gasteiger partial charge is 0.309 e. The molecule has 0 atom stereocenters. The predicted octanol–water partition coefficient (Wildman–Crippen LogP) is 1.55. The van der Waals surface area contributed by atoms with Crippen molar-refractivity contribution in [3.8, 4) is 0 Å². The van der Waals surface area contributed by atoms with E-state index in [0.29, 0.717) is 32.5 Å². The zero-order valence-electron chi connectivity index (χ0n) is 11.2. The van der Waals surface area contributed by atoms with Crippen LogP contribution in [0.1, 0.15) is 30.3 Å². The number of hydrogen-bond acceptors (Lipinski definition) is 5. The van der Waals surface area contributed by atoms with Gasteiger partial charge < -0.3 is 9.64 Å². The Morgan fingerprint density at radius 2 is 2.05 bits per heavy atom. The van der Waals surface area contributed by atoms with E-state index in [4.69, 9.17) is 16.3 Å². The first kappa shape index (κ1) is 14.7. The molecular weight excluding hydrogens is 282 g/mol. The van der Waals surface area contributed by atoms with Gasteiger partial charge in [-0.1, -0.05) is 11.6 Å². The molecule has 0 saturated carbocycles. The lowest BCUT2D eigenvalue weighted by molar-refractivity contribution is -0.149. The minimum Gasteiger partial charge on any atom is -0.466 e. The minimum absolute atomic E-state index is 0.115. The zero-order valence-corrected chi connectivity index (χ0v) is 12.0. The Balaban J connectivity index is 1.92. The quantitative estimate of drug-likeness (QED) is 0.791. The van der Waals surface area contributed by atoms with Crippen LogP contribution < -0.4 is 0 Å². The molecule has 0 aromatic carbocycles. The number of hydrogen-bond donors (Lipinski definition) is 0. The first-order chi connectivity index (χ1) is 9.61. The van der Waals surface area contributed by atoms with E-state index in [-0.39, 0.29) is 28.6 Å². The van der Waals surface area contributed by atoms with Gasteiger partial charge >= 0.3 is 5.97 Å². The number of aromatic nitrogens is 2. The normalized spacial score (nSPS) is 16.0. The molecule has 1 amide bonds. The summed E-state index contributed by atoms with van der Waals surface area (Å²) in [7, 11) is 0. The molecule has 0 N–H and O–H groups in total. The summed E-state index contributed by atoms with van der Waals surface area (Å²) in [6, 6.07) is 3.09. The second kappa shape index (κ2) is 6.65. The molecule has 6 nitrogen and oxygen atoms in total.